The van der Waals surface area contributed by atoms with Crippen LogP contribution in [0.4, 0.5) is 0 Å². The molecule has 0 aliphatic rings. The smallest absolute Gasteiger partial charge is 0.303 e. The summed E-state index contributed by atoms with van der Waals surface area (Å²) in [6.45, 7) is 3.02. The first-order valence-electron chi connectivity index (χ1n) is 6.80. The van der Waals surface area contributed by atoms with E-state index in [-0.39, 0.29) is 0 Å². The number of rotatable bonds is 11. The van der Waals surface area contributed by atoms with Crippen molar-refractivity contribution in [3.05, 3.63) is 0 Å². The Hall–Kier alpha value is -1.02. The largest absolute Gasteiger partial charge is 0.458 e. The van der Waals surface area contributed by atoms with E-state index in [0.717, 1.165) is 26.2 Å². The average molecular weight is 291 g/mol. The van der Waals surface area contributed by atoms with Gasteiger partial charge in [0.05, 0.1) is 6.61 Å². The van der Waals surface area contributed by atoms with Gasteiger partial charge in [0.1, 0.15) is 24.5 Å². The minimum atomic E-state index is -1.54. The SMILES string of the molecule is CCCCCN[C@@H](C=O)[C@@H](OC(C)=O)[C@H](O)[C@H](O)CO. The maximum atomic E-state index is 11.1. The maximum Gasteiger partial charge on any atom is 0.303 e. The minimum Gasteiger partial charge on any atom is -0.458 e. The van der Waals surface area contributed by atoms with Crippen LogP contribution in [0, 0.1) is 0 Å². The van der Waals surface area contributed by atoms with Gasteiger partial charge in [-0.1, -0.05) is 19.8 Å². The van der Waals surface area contributed by atoms with Crippen LogP contribution in [-0.2, 0) is 14.3 Å². The Bertz CT molecular complexity index is 286. The van der Waals surface area contributed by atoms with Gasteiger partial charge in [-0.3, -0.25) is 4.79 Å². The van der Waals surface area contributed by atoms with Crippen LogP contribution in [0.25, 0.3) is 0 Å². The van der Waals surface area contributed by atoms with Crippen LogP contribution in [0.5, 0.6) is 0 Å². The van der Waals surface area contributed by atoms with E-state index in [1.165, 1.54) is 0 Å². The number of carbonyl (C=O) groups is 2. The predicted octanol–water partition coefficient (Wildman–Crippen LogP) is -1.02. The lowest BCUT2D eigenvalue weighted by Gasteiger charge is -2.29. The molecule has 4 atom stereocenters. The first-order valence-corrected chi connectivity index (χ1v) is 6.80. The Morgan fingerprint density at radius 3 is 2.45 bits per heavy atom. The zero-order chi connectivity index (χ0) is 15.5. The molecule has 0 aromatic carbocycles. The van der Waals surface area contributed by atoms with Crippen molar-refractivity contribution in [1.29, 1.82) is 0 Å². The topological polar surface area (TPSA) is 116 Å². The molecule has 7 heteroatoms. The Labute approximate surface area is 118 Å². The molecule has 0 spiro atoms. The molecule has 20 heavy (non-hydrogen) atoms. The molecule has 0 radical (unpaired) electrons. The number of hydrogen-bond donors (Lipinski definition) is 4. The van der Waals surface area contributed by atoms with Crippen LogP contribution < -0.4 is 5.32 Å². The molecule has 0 heterocycles. The highest BCUT2D eigenvalue weighted by Crippen LogP contribution is 2.09. The summed E-state index contributed by atoms with van der Waals surface area (Å²) in [6.07, 6.45) is -0.907. The normalized spacial score (nSPS) is 17.1. The molecule has 4 N–H and O–H groups in total. The molecule has 0 aromatic heterocycles. The van der Waals surface area contributed by atoms with E-state index in [1.807, 2.05) is 6.92 Å². The fourth-order valence-corrected chi connectivity index (χ4v) is 1.76. The number of carbonyl (C=O) groups excluding carboxylic acids is 2. The Morgan fingerprint density at radius 1 is 1.35 bits per heavy atom. The third-order valence-electron chi connectivity index (χ3n) is 2.88. The van der Waals surface area contributed by atoms with Crippen LogP contribution in [0.15, 0.2) is 0 Å². The standard InChI is InChI=1S/C13H25NO6/c1-3-4-5-6-14-10(7-15)13(20-9(2)17)12(19)11(18)8-16/h7,10-14,16,18-19H,3-6,8H2,1-2H3/t10-,11+,12+,13+/m0/s1. The van der Waals surface area contributed by atoms with E-state index < -0.39 is 36.9 Å². The molecule has 0 saturated heterocycles. The summed E-state index contributed by atoms with van der Waals surface area (Å²) in [6, 6.07) is -0.938. The van der Waals surface area contributed by atoms with Gasteiger partial charge in [0.25, 0.3) is 0 Å². The molecule has 0 rings (SSSR count). The molecule has 0 bridgehead atoms. The molecule has 0 fully saturated rings. The van der Waals surface area contributed by atoms with Gasteiger partial charge < -0.3 is 30.2 Å². The number of nitrogens with one attached hydrogen (secondary N) is 1. The van der Waals surface area contributed by atoms with Gasteiger partial charge in [-0.05, 0) is 13.0 Å². The van der Waals surface area contributed by atoms with Gasteiger partial charge in [0, 0.05) is 6.92 Å². The summed E-state index contributed by atoms with van der Waals surface area (Å²) in [5.74, 6) is -0.679. The molecule has 0 aliphatic heterocycles. The van der Waals surface area contributed by atoms with Gasteiger partial charge in [0.2, 0.25) is 0 Å². The van der Waals surface area contributed by atoms with E-state index in [1.54, 1.807) is 0 Å². The monoisotopic (exact) mass is 291 g/mol. The van der Waals surface area contributed by atoms with E-state index in [9.17, 15) is 19.8 Å². The van der Waals surface area contributed by atoms with Crippen molar-refractivity contribution in [2.75, 3.05) is 13.2 Å². The quantitative estimate of drug-likeness (QED) is 0.219. The predicted molar refractivity (Wildman–Crippen MR) is 72.0 cm³/mol. The van der Waals surface area contributed by atoms with Crippen LogP contribution >= 0.6 is 0 Å². The molecule has 0 saturated carbocycles. The van der Waals surface area contributed by atoms with E-state index in [4.69, 9.17) is 9.84 Å². The second-order valence-corrected chi connectivity index (χ2v) is 4.64. The fourth-order valence-electron chi connectivity index (χ4n) is 1.76. The summed E-state index contributed by atoms with van der Waals surface area (Å²) >= 11 is 0. The highest BCUT2D eigenvalue weighted by Gasteiger charge is 2.35. The van der Waals surface area contributed by atoms with Crippen molar-refractivity contribution >= 4 is 12.3 Å². The van der Waals surface area contributed by atoms with E-state index >= 15 is 0 Å². The third-order valence-corrected chi connectivity index (χ3v) is 2.88. The molecule has 0 aromatic rings. The number of aliphatic hydroxyl groups is 3. The number of ether oxygens (including phenoxy) is 1. The summed E-state index contributed by atoms with van der Waals surface area (Å²) in [4.78, 5) is 22.1. The molecule has 118 valence electrons. The Balaban J connectivity index is 4.68. The van der Waals surface area contributed by atoms with Crippen LogP contribution in [0.1, 0.15) is 33.1 Å². The number of esters is 1. The van der Waals surface area contributed by atoms with Gasteiger partial charge in [-0.2, -0.15) is 0 Å². The first-order chi connectivity index (χ1) is 9.47. The van der Waals surface area contributed by atoms with Crippen molar-refractivity contribution in [3.63, 3.8) is 0 Å². The van der Waals surface area contributed by atoms with Crippen molar-refractivity contribution in [1.82, 2.24) is 5.32 Å². The maximum absolute atomic E-state index is 11.1. The minimum absolute atomic E-state index is 0.521. The number of aliphatic hydroxyl groups excluding tert-OH is 3. The number of aldehydes is 1. The van der Waals surface area contributed by atoms with Crippen molar-refractivity contribution < 1.29 is 29.6 Å². The van der Waals surface area contributed by atoms with Gasteiger partial charge in [-0.25, -0.2) is 0 Å². The lowest BCUT2D eigenvalue weighted by atomic mass is 10.0. The van der Waals surface area contributed by atoms with Crippen LogP contribution in [0.3, 0.4) is 0 Å². The summed E-state index contributed by atoms with van der Waals surface area (Å²) < 4.78 is 4.89. The molecule has 0 unspecified atom stereocenters. The highest BCUT2D eigenvalue weighted by atomic mass is 16.6. The van der Waals surface area contributed by atoms with Gasteiger partial charge in [0.15, 0.2) is 6.10 Å². The molecular formula is C13H25NO6. The first kappa shape index (κ1) is 19.0. The third kappa shape index (κ3) is 6.95. The molecule has 7 nitrogen and oxygen atoms in total. The van der Waals surface area contributed by atoms with E-state index in [0.29, 0.717) is 12.8 Å². The number of unbranched alkanes of at least 4 members (excludes halogenated alkanes) is 2. The number of hydrogen-bond acceptors (Lipinski definition) is 7. The molecular weight excluding hydrogens is 266 g/mol. The van der Waals surface area contributed by atoms with Crippen molar-refractivity contribution in [2.24, 2.45) is 0 Å². The van der Waals surface area contributed by atoms with Crippen molar-refractivity contribution in [2.45, 2.75) is 57.5 Å². The Kier molecular flexibility index (Phi) is 10.2. The second-order valence-electron chi connectivity index (χ2n) is 4.64. The lowest BCUT2D eigenvalue weighted by molar-refractivity contribution is -0.162. The average Bonchev–Trinajstić information content (AvgIpc) is 2.43. The lowest BCUT2D eigenvalue weighted by Crippen LogP contribution is -2.54. The second kappa shape index (κ2) is 10.7. The van der Waals surface area contributed by atoms with Crippen LogP contribution in [0.2, 0.25) is 0 Å². The molecule has 0 aliphatic carbocycles. The van der Waals surface area contributed by atoms with Gasteiger partial charge >= 0.3 is 5.97 Å². The summed E-state index contributed by atoms with van der Waals surface area (Å²) in [5.41, 5.74) is 0. The fraction of sp³-hybridized carbons (Fsp3) is 0.846. The Morgan fingerprint density at radius 2 is 2.00 bits per heavy atom. The van der Waals surface area contributed by atoms with E-state index in [2.05, 4.69) is 5.32 Å². The van der Waals surface area contributed by atoms with Crippen molar-refractivity contribution in [3.8, 4) is 0 Å². The zero-order valence-corrected chi connectivity index (χ0v) is 12.0. The highest BCUT2D eigenvalue weighted by molar-refractivity contribution is 5.67. The van der Waals surface area contributed by atoms with Crippen LogP contribution in [-0.4, -0.2) is 65.1 Å². The zero-order valence-electron chi connectivity index (χ0n) is 12.0. The summed E-state index contributed by atoms with van der Waals surface area (Å²) in [7, 11) is 0. The summed E-state index contributed by atoms with van der Waals surface area (Å²) in [5, 5.41) is 31.0. The van der Waals surface area contributed by atoms with Gasteiger partial charge in [-0.15, -0.1) is 0 Å². The molecule has 0 amide bonds.